The van der Waals surface area contributed by atoms with Gasteiger partial charge in [-0.05, 0) is 12.1 Å². The number of carbonyl (C=O) groups excluding carboxylic acids is 1. The molecule has 1 amide bonds. The summed E-state index contributed by atoms with van der Waals surface area (Å²) in [6.07, 6.45) is -4.84. The predicted octanol–water partition coefficient (Wildman–Crippen LogP) is 2.94. The Morgan fingerprint density at radius 2 is 2.18 bits per heavy atom. The monoisotopic (exact) mass is 413 g/mol. The highest BCUT2D eigenvalue weighted by atomic mass is 32.1. The highest BCUT2D eigenvalue weighted by Gasteiger charge is 2.34. The van der Waals surface area contributed by atoms with E-state index in [-0.39, 0.29) is 22.8 Å². The van der Waals surface area contributed by atoms with E-state index in [0.29, 0.717) is 0 Å². The Kier molecular flexibility index (Phi) is 5.49. The van der Waals surface area contributed by atoms with Gasteiger partial charge < -0.3 is 14.8 Å². The number of rotatable bonds is 5. The molecule has 0 aliphatic rings. The fourth-order valence-corrected chi connectivity index (χ4v) is 3.25. The minimum atomic E-state index is -4.74. The number of carbonyl (C=O) groups is 1. The number of methoxy groups -OCH3 is 1. The van der Waals surface area contributed by atoms with Crippen molar-refractivity contribution >= 4 is 33.3 Å². The van der Waals surface area contributed by atoms with Crippen LogP contribution in [0.3, 0.4) is 0 Å². The van der Waals surface area contributed by atoms with Crippen molar-refractivity contribution < 1.29 is 27.8 Å². The smallest absolute Gasteiger partial charge is 0.384 e. The van der Waals surface area contributed by atoms with Crippen LogP contribution in [0.15, 0.2) is 34.6 Å². The quantitative estimate of drug-likeness (QED) is 0.597. The van der Waals surface area contributed by atoms with Gasteiger partial charge in [0.15, 0.2) is 5.13 Å². The van der Waals surface area contributed by atoms with Crippen molar-refractivity contribution in [3.05, 3.63) is 56.8 Å². The third kappa shape index (κ3) is 3.77. The highest BCUT2D eigenvalue weighted by Crippen LogP contribution is 2.34. The lowest BCUT2D eigenvalue weighted by molar-refractivity contribution is -0.136. The number of alkyl halides is 3. The molecule has 0 aliphatic carbocycles. The number of hydrogen-bond acceptors (Lipinski definition) is 6. The van der Waals surface area contributed by atoms with E-state index in [1.165, 1.54) is 19.4 Å². The molecule has 0 aliphatic heterocycles. The molecule has 1 atom stereocenters. The lowest BCUT2D eigenvalue weighted by Crippen LogP contribution is -2.28. The molecule has 148 valence electrons. The van der Waals surface area contributed by atoms with Crippen LogP contribution in [0.5, 0.6) is 0 Å². The zero-order valence-corrected chi connectivity index (χ0v) is 15.1. The molecule has 0 radical (unpaired) electrons. The Morgan fingerprint density at radius 1 is 1.43 bits per heavy atom. The van der Waals surface area contributed by atoms with Gasteiger partial charge in [0.25, 0.3) is 5.91 Å². The molecule has 0 saturated carbocycles. The van der Waals surface area contributed by atoms with E-state index in [9.17, 15) is 27.9 Å². The summed E-state index contributed by atoms with van der Waals surface area (Å²) in [7, 11) is 1.26. The molecule has 28 heavy (non-hydrogen) atoms. The number of para-hydroxylation sites is 1. The number of ether oxygens (including phenoxy) is 1. The molecule has 0 fully saturated rings. The number of aliphatic hydroxyl groups is 1. The number of aromatic amines is 1. The van der Waals surface area contributed by atoms with Crippen LogP contribution in [0, 0.1) is 0 Å². The lowest BCUT2D eigenvalue weighted by atomic mass is 10.0. The number of pyridine rings is 1. The summed E-state index contributed by atoms with van der Waals surface area (Å²) >= 11 is 1.09. The largest absolute Gasteiger partial charge is 0.418 e. The summed E-state index contributed by atoms with van der Waals surface area (Å²) in [5.41, 5.74) is -3.42. The SMILES string of the molecule is COCC(O)c1[nH]c2c(C(F)(F)F)cccc2c(=O)c1C(=O)Nc1nccs1. The van der Waals surface area contributed by atoms with Gasteiger partial charge in [0.1, 0.15) is 11.7 Å². The van der Waals surface area contributed by atoms with E-state index in [0.717, 1.165) is 23.5 Å². The second-order valence-corrected chi connectivity index (χ2v) is 6.63. The number of aliphatic hydroxyl groups excluding tert-OH is 1. The first kappa shape index (κ1) is 20.0. The normalized spacial score (nSPS) is 12.9. The van der Waals surface area contributed by atoms with E-state index in [2.05, 4.69) is 15.3 Å². The van der Waals surface area contributed by atoms with E-state index < -0.39 is 40.3 Å². The average Bonchev–Trinajstić information content (AvgIpc) is 3.13. The van der Waals surface area contributed by atoms with E-state index >= 15 is 0 Å². The van der Waals surface area contributed by atoms with Crippen LogP contribution in [0.4, 0.5) is 18.3 Å². The maximum atomic E-state index is 13.3. The van der Waals surface area contributed by atoms with Crippen LogP contribution in [-0.4, -0.2) is 34.7 Å². The van der Waals surface area contributed by atoms with Crippen molar-refractivity contribution in [2.45, 2.75) is 12.3 Å². The summed E-state index contributed by atoms with van der Waals surface area (Å²) in [6, 6.07) is 3.06. The number of fused-ring (bicyclic) bond motifs is 1. The standard InChI is InChI=1S/C17H14F3N3O4S/c1-27-7-10(24)13-11(15(26)23-16-21-5-6-28-16)14(25)8-3-2-4-9(12(8)22-13)17(18,19)20/h2-6,10,24H,7H2,1H3,(H,22,25)(H,21,23,26). The predicted molar refractivity (Wildman–Crippen MR) is 96.5 cm³/mol. The van der Waals surface area contributed by atoms with Gasteiger partial charge in [-0.2, -0.15) is 13.2 Å². The average molecular weight is 413 g/mol. The van der Waals surface area contributed by atoms with Gasteiger partial charge in [-0.3, -0.25) is 14.9 Å². The molecule has 3 aromatic rings. The van der Waals surface area contributed by atoms with Crippen LogP contribution in [0.1, 0.15) is 27.7 Å². The number of amides is 1. The maximum Gasteiger partial charge on any atom is 0.418 e. The van der Waals surface area contributed by atoms with Gasteiger partial charge in [-0.15, -0.1) is 11.3 Å². The minimum Gasteiger partial charge on any atom is -0.384 e. The number of aromatic nitrogens is 2. The van der Waals surface area contributed by atoms with Crippen LogP contribution in [0.2, 0.25) is 0 Å². The first-order chi connectivity index (χ1) is 13.2. The van der Waals surface area contributed by atoms with E-state index in [1.807, 2.05) is 0 Å². The molecule has 3 N–H and O–H groups in total. The molecule has 0 saturated heterocycles. The van der Waals surface area contributed by atoms with Crippen molar-refractivity contribution in [2.24, 2.45) is 0 Å². The Bertz CT molecular complexity index is 1060. The fraction of sp³-hybridized carbons (Fsp3) is 0.235. The molecular weight excluding hydrogens is 399 g/mol. The first-order valence-electron chi connectivity index (χ1n) is 7.88. The van der Waals surface area contributed by atoms with Crippen LogP contribution in [0.25, 0.3) is 10.9 Å². The van der Waals surface area contributed by atoms with Crippen molar-refractivity contribution in [2.75, 3.05) is 19.0 Å². The third-order valence-corrected chi connectivity index (χ3v) is 4.60. The topological polar surface area (TPSA) is 104 Å². The number of halogens is 3. The van der Waals surface area contributed by atoms with E-state index in [1.54, 1.807) is 5.38 Å². The Hall–Kier alpha value is -2.76. The van der Waals surface area contributed by atoms with Gasteiger partial charge in [0.2, 0.25) is 5.43 Å². The lowest BCUT2D eigenvalue weighted by Gasteiger charge is -2.17. The number of nitrogens with one attached hydrogen (secondary N) is 2. The molecule has 3 rings (SSSR count). The second kappa shape index (κ2) is 7.70. The summed E-state index contributed by atoms with van der Waals surface area (Å²) in [5, 5.41) is 14.1. The molecule has 2 aromatic heterocycles. The van der Waals surface area contributed by atoms with Crippen molar-refractivity contribution in [1.29, 1.82) is 0 Å². The van der Waals surface area contributed by atoms with Crippen molar-refractivity contribution in [3.63, 3.8) is 0 Å². The van der Waals surface area contributed by atoms with Crippen molar-refractivity contribution in [1.82, 2.24) is 9.97 Å². The minimum absolute atomic E-state index is 0.195. The molecule has 11 heteroatoms. The first-order valence-corrected chi connectivity index (χ1v) is 8.76. The fourth-order valence-electron chi connectivity index (χ4n) is 2.73. The number of thiazole rings is 1. The van der Waals surface area contributed by atoms with Crippen LogP contribution >= 0.6 is 11.3 Å². The van der Waals surface area contributed by atoms with Gasteiger partial charge >= 0.3 is 6.18 Å². The number of hydrogen-bond donors (Lipinski definition) is 3. The summed E-state index contributed by atoms with van der Waals surface area (Å²) in [5.74, 6) is -0.902. The molecule has 0 spiro atoms. The number of benzene rings is 1. The van der Waals surface area contributed by atoms with Crippen LogP contribution < -0.4 is 10.7 Å². The molecule has 0 bridgehead atoms. The number of H-pyrrole nitrogens is 1. The molecule has 1 unspecified atom stereocenters. The number of nitrogens with zero attached hydrogens (tertiary/aromatic N) is 1. The zero-order valence-electron chi connectivity index (χ0n) is 14.3. The Morgan fingerprint density at radius 3 is 2.79 bits per heavy atom. The van der Waals surface area contributed by atoms with Gasteiger partial charge in [-0.25, -0.2) is 4.98 Å². The highest BCUT2D eigenvalue weighted by molar-refractivity contribution is 7.13. The molecule has 1 aromatic carbocycles. The zero-order chi connectivity index (χ0) is 20.5. The maximum absolute atomic E-state index is 13.3. The summed E-state index contributed by atoms with van der Waals surface area (Å²) < 4.78 is 44.9. The molecule has 2 heterocycles. The third-order valence-electron chi connectivity index (χ3n) is 3.91. The second-order valence-electron chi connectivity index (χ2n) is 5.73. The molecule has 7 nitrogen and oxygen atoms in total. The summed E-state index contributed by atoms with van der Waals surface area (Å²) in [6.45, 7) is -0.340. The number of anilines is 1. The Balaban J connectivity index is 2.26. The van der Waals surface area contributed by atoms with Gasteiger partial charge in [0.05, 0.1) is 23.4 Å². The Labute approximate surface area is 159 Å². The van der Waals surface area contributed by atoms with Crippen molar-refractivity contribution in [3.8, 4) is 0 Å². The van der Waals surface area contributed by atoms with Gasteiger partial charge in [0, 0.05) is 24.1 Å². The van der Waals surface area contributed by atoms with Crippen LogP contribution in [-0.2, 0) is 10.9 Å². The van der Waals surface area contributed by atoms with Gasteiger partial charge in [-0.1, -0.05) is 6.07 Å². The molecular formula is C17H14F3N3O4S. The summed E-state index contributed by atoms with van der Waals surface area (Å²) in [4.78, 5) is 31.8. The van der Waals surface area contributed by atoms with E-state index in [4.69, 9.17) is 4.74 Å².